The second-order valence-corrected chi connectivity index (χ2v) is 12.0. The van der Waals surface area contributed by atoms with Gasteiger partial charge in [0.1, 0.15) is 18.3 Å². The van der Waals surface area contributed by atoms with Crippen LogP contribution in [-0.4, -0.2) is 56.8 Å². The number of aromatic nitrogens is 1. The van der Waals surface area contributed by atoms with Crippen molar-refractivity contribution in [2.45, 2.75) is 71.0 Å². The molecule has 1 saturated heterocycles. The van der Waals surface area contributed by atoms with Gasteiger partial charge < -0.3 is 20.4 Å². The number of aliphatic hydroxyl groups is 2. The van der Waals surface area contributed by atoms with E-state index in [0.29, 0.717) is 18.9 Å². The Morgan fingerprint density at radius 2 is 1.92 bits per heavy atom. The maximum absolute atomic E-state index is 13.7. The van der Waals surface area contributed by atoms with Crippen molar-refractivity contribution in [2.75, 3.05) is 6.54 Å². The van der Waals surface area contributed by atoms with Crippen LogP contribution in [0, 0.1) is 12.8 Å². The zero-order valence-corrected chi connectivity index (χ0v) is 23.6. The highest BCUT2D eigenvalue weighted by atomic mass is 32.1. The highest BCUT2D eigenvalue weighted by Crippen LogP contribution is 2.29. The van der Waals surface area contributed by atoms with Crippen LogP contribution in [0.2, 0.25) is 0 Å². The number of benzene rings is 1. The SMILES string of the molecule is Cc1ncsc1-c1ccc(CNC(=O)[C@@H]2C[C@@H](O)CN2C(=O)[C@@H](NC(O)CCC(C)C)c2cccs2)cc1. The number of amides is 2. The predicted molar refractivity (Wildman–Crippen MR) is 151 cm³/mol. The van der Waals surface area contributed by atoms with E-state index in [1.54, 1.807) is 11.3 Å². The van der Waals surface area contributed by atoms with Crippen molar-refractivity contribution in [1.29, 1.82) is 0 Å². The van der Waals surface area contributed by atoms with E-state index in [9.17, 15) is 19.8 Å². The second kappa shape index (κ2) is 12.9. The van der Waals surface area contributed by atoms with Crippen LogP contribution in [0.5, 0.6) is 0 Å². The van der Waals surface area contributed by atoms with Crippen LogP contribution >= 0.6 is 22.7 Å². The van der Waals surface area contributed by atoms with Gasteiger partial charge in [0.15, 0.2) is 0 Å². The number of thiophene rings is 1. The monoisotopic (exact) mass is 556 g/mol. The molecule has 0 radical (unpaired) electrons. The molecule has 4 atom stereocenters. The van der Waals surface area contributed by atoms with Crippen LogP contribution in [0.4, 0.5) is 0 Å². The lowest BCUT2D eigenvalue weighted by Crippen LogP contribution is -2.50. The van der Waals surface area contributed by atoms with E-state index >= 15 is 0 Å². The fraction of sp³-hybridized carbons (Fsp3) is 0.464. The molecule has 4 rings (SSSR count). The number of rotatable bonds is 11. The number of thiazole rings is 1. The maximum Gasteiger partial charge on any atom is 0.245 e. The number of aliphatic hydroxyl groups excluding tert-OH is 2. The first-order valence-electron chi connectivity index (χ1n) is 13.0. The van der Waals surface area contributed by atoms with Gasteiger partial charge in [0.05, 0.1) is 22.2 Å². The lowest BCUT2D eigenvalue weighted by atomic mass is 10.1. The van der Waals surface area contributed by atoms with Gasteiger partial charge in [-0.15, -0.1) is 22.7 Å². The largest absolute Gasteiger partial charge is 0.391 e. The Labute approximate surface area is 231 Å². The average molecular weight is 557 g/mol. The quantitative estimate of drug-likeness (QED) is 0.267. The first-order chi connectivity index (χ1) is 18.2. The summed E-state index contributed by atoms with van der Waals surface area (Å²) >= 11 is 3.01. The van der Waals surface area contributed by atoms with Crippen LogP contribution in [0.15, 0.2) is 47.3 Å². The first kappa shape index (κ1) is 28.4. The Hall–Kier alpha value is -2.63. The summed E-state index contributed by atoms with van der Waals surface area (Å²) in [7, 11) is 0. The Morgan fingerprint density at radius 1 is 1.16 bits per heavy atom. The second-order valence-electron chi connectivity index (χ2n) is 10.2. The number of carbonyl (C=O) groups excluding carboxylic acids is 2. The summed E-state index contributed by atoms with van der Waals surface area (Å²) in [4.78, 5) is 34.5. The zero-order chi connectivity index (χ0) is 27.2. The fourth-order valence-electron chi connectivity index (χ4n) is 4.63. The summed E-state index contributed by atoms with van der Waals surface area (Å²) in [5, 5.41) is 28.9. The molecule has 10 heteroatoms. The van der Waals surface area contributed by atoms with Crippen LogP contribution in [0.1, 0.15) is 55.3 Å². The van der Waals surface area contributed by atoms with Crippen molar-refractivity contribution in [1.82, 2.24) is 20.5 Å². The van der Waals surface area contributed by atoms with Gasteiger partial charge >= 0.3 is 0 Å². The smallest absolute Gasteiger partial charge is 0.245 e. The minimum Gasteiger partial charge on any atom is -0.391 e. The number of hydrogen-bond donors (Lipinski definition) is 4. The van der Waals surface area contributed by atoms with Crippen molar-refractivity contribution in [3.05, 3.63) is 63.4 Å². The third kappa shape index (κ3) is 7.06. The average Bonchev–Trinajstić information content (AvgIpc) is 3.66. The highest BCUT2D eigenvalue weighted by Gasteiger charge is 2.42. The van der Waals surface area contributed by atoms with Crippen LogP contribution in [0.25, 0.3) is 10.4 Å². The third-order valence-electron chi connectivity index (χ3n) is 6.74. The summed E-state index contributed by atoms with van der Waals surface area (Å²) in [5.74, 6) is -0.197. The maximum atomic E-state index is 13.7. The van der Waals surface area contributed by atoms with Gasteiger partial charge in [-0.1, -0.05) is 44.2 Å². The van der Waals surface area contributed by atoms with E-state index in [-0.39, 0.29) is 24.8 Å². The molecular weight excluding hydrogens is 520 g/mol. The number of carbonyl (C=O) groups is 2. The predicted octanol–water partition coefficient (Wildman–Crippen LogP) is 3.84. The topological polar surface area (TPSA) is 115 Å². The molecule has 0 bridgehead atoms. The fourth-order valence-corrected chi connectivity index (χ4v) is 6.22. The molecule has 204 valence electrons. The molecule has 1 aliphatic heterocycles. The van der Waals surface area contributed by atoms with Crippen LogP contribution in [0.3, 0.4) is 0 Å². The van der Waals surface area contributed by atoms with Crippen molar-refractivity contribution < 1.29 is 19.8 Å². The molecule has 2 aromatic heterocycles. The lowest BCUT2D eigenvalue weighted by molar-refractivity contribution is -0.141. The highest BCUT2D eigenvalue weighted by molar-refractivity contribution is 7.13. The molecule has 1 fully saturated rings. The summed E-state index contributed by atoms with van der Waals surface area (Å²) in [6.45, 7) is 6.54. The van der Waals surface area contributed by atoms with Crippen molar-refractivity contribution in [3.8, 4) is 10.4 Å². The van der Waals surface area contributed by atoms with Gasteiger partial charge in [0, 0.05) is 24.4 Å². The molecule has 3 aromatic rings. The number of aryl methyl sites for hydroxylation is 1. The number of hydrogen-bond acceptors (Lipinski definition) is 8. The normalized spacial score (nSPS) is 19.1. The standard InChI is InChI=1S/C28H36N4O4S2/c1-17(2)6-11-24(34)31-25(23-5-4-12-37-23)28(36)32-15-21(33)13-22(32)27(35)29-14-19-7-9-20(10-8-19)26-18(3)30-16-38-26/h4-5,7-10,12,16-17,21-22,24-25,31,33-34H,6,11,13-15H2,1-3H3,(H,29,35)/t21-,22+,24?,25+/m1/s1. The number of β-amino-alcohol motifs (C(OH)–C–C–N with tert-alkyl or cyclic N) is 1. The van der Waals surface area contributed by atoms with E-state index in [4.69, 9.17) is 0 Å². The van der Waals surface area contributed by atoms with Gasteiger partial charge in [0.25, 0.3) is 0 Å². The molecular formula is C28H36N4O4S2. The third-order valence-corrected chi connectivity index (χ3v) is 8.66. The minimum absolute atomic E-state index is 0.0749. The molecule has 0 aliphatic carbocycles. The summed E-state index contributed by atoms with van der Waals surface area (Å²) < 4.78 is 0. The van der Waals surface area contributed by atoms with Gasteiger partial charge in [0.2, 0.25) is 11.8 Å². The number of nitrogens with one attached hydrogen (secondary N) is 2. The van der Waals surface area contributed by atoms with Crippen molar-refractivity contribution >= 4 is 34.5 Å². The Balaban J connectivity index is 1.41. The Morgan fingerprint density at radius 3 is 2.55 bits per heavy atom. The molecule has 38 heavy (non-hydrogen) atoms. The van der Waals surface area contributed by atoms with Crippen LogP contribution in [-0.2, 0) is 16.1 Å². The molecule has 1 aromatic carbocycles. The van der Waals surface area contributed by atoms with Gasteiger partial charge in [-0.05, 0) is 48.3 Å². The van der Waals surface area contributed by atoms with Gasteiger partial charge in [-0.25, -0.2) is 4.98 Å². The molecule has 4 N–H and O–H groups in total. The summed E-state index contributed by atoms with van der Waals surface area (Å²) in [5.41, 5.74) is 4.83. The molecule has 1 unspecified atom stereocenters. The first-order valence-corrected chi connectivity index (χ1v) is 14.7. The summed E-state index contributed by atoms with van der Waals surface area (Å²) in [6.07, 6.45) is -0.136. The van der Waals surface area contributed by atoms with E-state index in [2.05, 4.69) is 29.5 Å². The molecule has 2 amide bonds. The molecule has 0 spiro atoms. The summed E-state index contributed by atoms with van der Waals surface area (Å²) in [6, 6.07) is 10.1. The molecule has 1 aliphatic rings. The number of nitrogens with zero attached hydrogens (tertiary/aromatic N) is 2. The molecule has 8 nitrogen and oxygen atoms in total. The van der Waals surface area contributed by atoms with Gasteiger partial charge in [-0.3, -0.25) is 14.9 Å². The lowest BCUT2D eigenvalue weighted by Gasteiger charge is -2.29. The van der Waals surface area contributed by atoms with E-state index in [1.165, 1.54) is 16.2 Å². The van der Waals surface area contributed by atoms with E-state index in [0.717, 1.165) is 33.0 Å². The number of likely N-dealkylation sites (tertiary alicyclic amines) is 1. The molecule has 0 saturated carbocycles. The van der Waals surface area contributed by atoms with Crippen LogP contribution < -0.4 is 10.6 Å². The Bertz CT molecular complexity index is 1200. The van der Waals surface area contributed by atoms with E-state index < -0.39 is 24.4 Å². The molecule has 3 heterocycles. The minimum atomic E-state index is -0.857. The van der Waals surface area contributed by atoms with E-state index in [1.807, 2.05) is 54.2 Å². The zero-order valence-electron chi connectivity index (χ0n) is 22.0. The van der Waals surface area contributed by atoms with Crippen molar-refractivity contribution in [3.63, 3.8) is 0 Å². The van der Waals surface area contributed by atoms with Gasteiger partial charge in [-0.2, -0.15) is 0 Å². The Kier molecular flexibility index (Phi) is 9.67. The van der Waals surface area contributed by atoms with Crippen molar-refractivity contribution in [2.24, 2.45) is 5.92 Å².